The first-order chi connectivity index (χ1) is 34.1. The predicted octanol–water partition coefficient (Wildman–Crippen LogP) is 16.0. The molecule has 0 rings (SSSR count). The summed E-state index contributed by atoms with van der Waals surface area (Å²) in [5.41, 5.74) is 0. The topological polar surface area (TPSA) is 169 Å². The van der Waals surface area contributed by atoms with Crippen LogP contribution < -0.4 is 5.32 Å². The third-order valence-corrected chi connectivity index (χ3v) is 12.9. The first-order valence-electron chi connectivity index (χ1n) is 28.0. The van der Waals surface area contributed by atoms with Gasteiger partial charge >= 0.3 is 19.8 Å². The summed E-state index contributed by atoms with van der Waals surface area (Å²) in [6.45, 7) is 2.56. The van der Waals surface area contributed by atoms with Crippen molar-refractivity contribution in [3.05, 3.63) is 72.9 Å². The fourth-order valence-corrected chi connectivity index (χ4v) is 8.40. The minimum absolute atomic E-state index is 0.142. The Balaban J connectivity index is 3.82. The number of amides is 1. The highest BCUT2D eigenvalue weighted by molar-refractivity contribution is 7.47. The fraction of sp³-hybridized carbons (Fsp3) is 0.741. The number of esters is 1. The van der Waals surface area contributed by atoms with E-state index < -0.39 is 57.6 Å². The zero-order chi connectivity index (χ0) is 51.3. The largest absolute Gasteiger partial charge is 0.480 e. The Hall–Kier alpha value is -3.08. The molecule has 0 spiro atoms. The average molecular weight is 1000 g/mol. The van der Waals surface area contributed by atoms with Crippen LogP contribution in [0.15, 0.2) is 72.9 Å². The molecule has 404 valence electrons. The van der Waals surface area contributed by atoms with E-state index in [1.165, 1.54) is 128 Å². The molecular formula is C58H102NO10P. The van der Waals surface area contributed by atoms with Gasteiger partial charge in [-0.3, -0.25) is 18.6 Å². The van der Waals surface area contributed by atoms with Gasteiger partial charge < -0.3 is 25.2 Å². The molecule has 0 aliphatic carbocycles. The van der Waals surface area contributed by atoms with E-state index in [0.717, 1.165) is 77.0 Å². The summed E-state index contributed by atoms with van der Waals surface area (Å²) in [4.78, 5) is 46.2. The number of hydrogen-bond acceptors (Lipinski definition) is 8. The Bertz CT molecular complexity index is 1460. The van der Waals surface area contributed by atoms with Crippen molar-refractivity contribution >= 4 is 25.7 Å². The van der Waals surface area contributed by atoms with Crippen molar-refractivity contribution in [2.45, 2.75) is 257 Å². The lowest BCUT2D eigenvalue weighted by atomic mass is 10.0. The van der Waals surface area contributed by atoms with Gasteiger partial charge in [-0.1, -0.05) is 215 Å². The summed E-state index contributed by atoms with van der Waals surface area (Å²) < 4.78 is 27.0. The first-order valence-corrected chi connectivity index (χ1v) is 29.5. The second-order valence-corrected chi connectivity index (χ2v) is 20.2. The smallest absolute Gasteiger partial charge is 0.472 e. The Morgan fingerprint density at radius 2 is 0.786 bits per heavy atom. The number of nitrogens with one attached hydrogen (secondary N) is 1. The average Bonchev–Trinajstić information content (AvgIpc) is 3.34. The quantitative estimate of drug-likeness (QED) is 0.0199. The van der Waals surface area contributed by atoms with Gasteiger partial charge in [-0.25, -0.2) is 9.36 Å². The number of carbonyl (C=O) groups is 3. The van der Waals surface area contributed by atoms with E-state index in [1.54, 1.807) is 0 Å². The molecule has 4 N–H and O–H groups in total. The lowest BCUT2D eigenvalue weighted by Gasteiger charge is -2.18. The van der Waals surface area contributed by atoms with Crippen LogP contribution in [0.2, 0.25) is 0 Å². The number of aliphatic hydroxyl groups is 1. The summed E-state index contributed by atoms with van der Waals surface area (Å²) in [6.07, 6.45) is 64.9. The van der Waals surface area contributed by atoms with Gasteiger partial charge in [-0.05, 0) is 89.9 Å². The summed E-state index contributed by atoms with van der Waals surface area (Å²) in [5.74, 6) is -2.38. The summed E-state index contributed by atoms with van der Waals surface area (Å²) >= 11 is 0. The zero-order valence-corrected chi connectivity index (χ0v) is 45.2. The highest BCUT2D eigenvalue weighted by atomic mass is 31.2. The van der Waals surface area contributed by atoms with Crippen LogP contribution >= 0.6 is 7.82 Å². The summed E-state index contributed by atoms with van der Waals surface area (Å²) in [6, 6.07) is -1.55. The van der Waals surface area contributed by atoms with Crippen LogP contribution in [0, 0.1) is 0 Å². The molecule has 1 amide bonds. The number of hydrogen-bond donors (Lipinski definition) is 4. The molecule has 0 aliphatic heterocycles. The molecule has 0 aromatic carbocycles. The lowest BCUT2D eigenvalue weighted by Crippen LogP contribution is -2.43. The fourth-order valence-electron chi connectivity index (χ4n) is 7.62. The van der Waals surface area contributed by atoms with Crippen molar-refractivity contribution in [1.29, 1.82) is 0 Å². The molecule has 0 aliphatic rings. The molecule has 12 heteroatoms. The molecular weight excluding hydrogens is 902 g/mol. The van der Waals surface area contributed by atoms with Crippen LogP contribution in [0.4, 0.5) is 0 Å². The van der Waals surface area contributed by atoms with E-state index in [2.05, 4.69) is 92.1 Å². The van der Waals surface area contributed by atoms with Crippen LogP contribution in [0.3, 0.4) is 0 Å². The maximum absolute atomic E-state index is 12.4. The molecule has 3 atom stereocenters. The van der Waals surface area contributed by atoms with Crippen LogP contribution in [-0.4, -0.2) is 64.9 Å². The second kappa shape index (κ2) is 52.2. The van der Waals surface area contributed by atoms with Gasteiger partial charge in [0.05, 0.1) is 13.2 Å². The van der Waals surface area contributed by atoms with Gasteiger partial charge in [-0.2, -0.15) is 0 Å². The third kappa shape index (κ3) is 51.3. The van der Waals surface area contributed by atoms with Gasteiger partial charge in [0, 0.05) is 12.8 Å². The maximum Gasteiger partial charge on any atom is 0.472 e. The van der Waals surface area contributed by atoms with E-state index >= 15 is 0 Å². The van der Waals surface area contributed by atoms with Crippen molar-refractivity contribution < 1.29 is 47.8 Å². The second-order valence-electron chi connectivity index (χ2n) is 18.8. The number of allylic oxidation sites excluding steroid dienone is 12. The first kappa shape index (κ1) is 66.9. The van der Waals surface area contributed by atoms with Gasteiger partial charge in [-0.15, -0.1) is 0 Å². The lowest BCUT2D eigenvalue weighted by molar-refractivity contribution is -0.147. The van der Waals surface area contributed by atoms with E-state index in [1.807, 2.05) is 0 Å². The summed E-state index contributed by atoms with van der Waals surface area (Å²) in [5, 5.41) is 22.0. The van der Waals surface area contributed by atoms with Crippen molar-refractivity contribution in [2.75, 3.05) is 19.8 Å². The highest BCUT2D eigenvalue weighted by Crippen LogP contribution is 2.43. The van der Waals surface area contributed by atoms with E-state index in [-0.39, 0.29) is 12.8 Å². The van der Waals surface area contributed by atoms with Crippen molar-refractivity contribution in [1.82, 2.24) is 5.32 Å². The monoisotopic (exact) mass is 1000 g/mol. The van der Waals surface area contributed by atoms with Crippen molar-refractivity contribution in [3.8, 4) is 0 Å². The van der Waals surface area contributed by atoms with Crippen LogP contribution in [0.1, 0.15) is 245 Å². The number of carboxylic acid groups (broad SMARTS) is 1. The minimum atomic E-state index is -4.77. The Labute approximate surface area is 427 Å². The molecule has 0 saturated carbocycles. The predicted molar refractivity (Wildman–Crippen MR) is 291 cm³/mol. The summed E-state index contributed by atoms with van der Waals surface area (Å²) in [7, 11) is -4.77. The zero-order valence-electron chi connectivity index (χ0n) is 44.3. The van der Waals surface area contributed by atoms with Crippen LogP contribution in [-0.2, 0) is 32.7 Å². The van der Waals surface area contributed by atoms with Crippen molar-refractivity contribution in [3.63, 3.8) is 0 Å². The number of phosphoric acid groups is 1. The van der Waals surface area contributed by atoms with E-state index in [4.69, 9.17) is 13.8 Å². The molecule has 0 radical (unpaired) electrons. The Morgan fingerprint density at radius 3 is 1.17 bits per heavy atom. The standard InChI is InChI=1S/C58H102NO10P/c1-3-5-7-9-11-13-15-17-19-21-23-25-27-29-31-33-35-37-39-41-43-45-47-49-56(61)59-55(58(63)64)53-69-70(65,66)68-52-54(60)51-67-57(62)50-48-46-44-42-40-38-36-34-32-30-28-26-24-22-20-18-16-14-12-10-8-6-4-2/h11-14,17-20,24,26,30,32,54-55,60H,3-10,15-16,21-23,25,27-29,31,33-53H2,1-2H3,(H,59,61)(H,63,64)(H,65,66)/b13-11-,14-12-,19-17-,20-18-,26-24-,32-30-. The Morgan fingerprint density at radius 1 is 0.457 bits per heavy atom. The molecule has 70 heavy (non-hydrogen) atoms. The van der Waals surface area contributed by atoms with Gasteiger partial charge in [0.15, 0.2) is 6.04 Å². The Kier molecular flexibility index (Phi) is 50.0. The normalized spacial score (nSPS) is 14.0. The number of rotatable bonds is 52. The van der Waals surface area contributed by atoms with Crippen LogP contribution in [0.25, 0.3) is 0 Å². The van der Waals surface area contributed by atoms with Crippen LogP contribution in [0.5, 0.6) is 0 Å². The number of aliphatic hydroxyl groups excluding tert-OH is 1. The van der Waals surface area contributed by atoms with Gasteiger partial charge in [0.2, 0.25) is 5.91 Å². The van der Waals surface area contributed by atoms with E-state index in [0.29, 0.717) is 12.8 Å². The maximum atomic E-state index is 12.4. The highest BCUT2D eigenvalue weighted by Gasteiger charge is 2.28. The molecule has 0 aromatic heterocycles. The molecule has 0 bridgehead atoms. The number of unbranched alkanes of at least 4 members (excludes halogenated alkanes) is 26. The number of phosphoric ester groups is 1. The molecule has 11 nitrogen and oxygen atoms in total. The van der Waals surface area contributed by atoms with Gasteiger partial charge in [0.25, 0.3) is 0 Å². The SMILES string of the molecule is CCCCC/C=C\C/C=C\C/C=C\C/C=C\CCCCCCCCCC(=O)OCC(O)COP(=O)(O)OCC(NC(=O)CCCCCCCCCCCCCCC/C=C\C/C=C\CCCCC)C(=O)O. The van der Waals surface area contributed by atoms with E-state index in [9.17, 15) is 34.1 Å². The molecule has 0 saturated heterocycles. The molecule has 3 unspecified atom stereocenters. The number of carboxylic acids is 1. The number of ether oxygens (including phenoxy) is 1. The minimum Gasteiger partial charge on any atom is -0.480 e. The molecule has 0 aromatic rings. The number of carbonyl (C=O) groups excluding carboxylic acids is 2. The third-order valence-electron chi connectivity index (χ3n) is 12.0. The van der Waals surface area contributed by atoms with Gasteiger partial charge in [0.1, 0.15) is 12.7 Å². The molecule has 0 heterocycles. The van der Waals surface area contributed by atoms with Crippen molar-refractivity contribution in [2.24, 2.45) is 0 Å². The molecule has 0 fully saturated rings. The number of aliphatic carboxylic acids is 1.